The van der Waals surface area contributed by atoms with Crippen molar-refractivity contribution >= 4 is 10.9 Å². The smallest absolute Gasteiger partial charge is 0.226 e. The Hall–Kier alpha value is -3.02. The Kier molecular flexibility index (Phi) is 4.71. The van der Waals surface area contributed by atoms with Crippen LogP contribution in [0.1, 0.15) is 42.5 Å². The topological polar surface area (TPSA) is 43.9 Å². The highest BCUT2D eigenvalue weighted by Crippen LogP contribution is 2.35. The molecule has 4 aromatic rings. The SMILES string of the molecule is Cc1cc(-n2c(C(C)C)c(CCc3ncno3)c3cc(F)ccc32)ccc1F. The third-order valence-corrected chi connectivity index (χ3v) is 5.02. The molecule has 4 rings (SSSR count). The lowest BCUT2D eigenvalue weighted by Crippen LogP contribution is -2.05. The molecule has 0 atom stereocenters. The first-order valence-corrected chi connectivity index (χ1v) is 9.30. The zero-order valence-corrected chi connectivity index (χ0v) is 16.0. The van der Waals surface area contributed by atoms with Gasteiger partial charge in [-0.2, -0.15) is 4.98 Å². The minimum Gasteiger partial charge on any atom is -0.340 e. The predicted octanol–water partition coefficient (Wildman–Crippen LogP) is 5.51. The Labute approximate surface area is 161 Å². The summed E-state index contributed by atoms with van der Waals surface area (Å²) in [5.41, 5.74) is 4.46. The average Bonchev–Trinajstić information content (AvgIpc) is 3.28. The van der Waals surface area contributed by atoms with Crippen LogP contribution in [-0.4, -0.2) is 14.7 Å². The summed E-state index contributed by atoms with van der Waals surface area (Å²) < 4.78 is 35.2. The van der Waals surface area contributed by atoms with Crippen molar-refractivity contribution in [1.29, 1.82) is 0 Å². The molecular weight excluding hydrogens is 360 g/mol. The normalized spacial score (nSPS) is 11.6. The number of hydrogen-bond acceptors (Lipinski definition) is 3. The van der Waals surface area contributed by atoms with Gasteiger partial charge in [0.1, 0.15) is 11.6 Å². The first-order valence-electron chi connectivity index (χ1n) is 9.30. The lowest BCUT2D eigenvalue weighted by Gasteiger charge is -2.16. The van der Waals surface area contributed by atoms with Gasteiger partial charge >= 0.3 is 0 Å². The number of benzene rings is 2. The van der Waals surface area contributed by atoms with Crippen molar-refractivity contribution in [3.05, 3.63) is 77.1 Å². The fourth-order valence-corrected chi connectivity index (χ4v) is 3.80. The maximum atomic E-state index is 14.1. The second-order valence-corrected chi connectivity index (χ2v) is 7.28. The van der Waals surface area contributed by atoms with Crippen molar-refractivity contribution in [2.45, 2.75) is 39.5 Å². The Morgan fingerprint density at radius 2 is 1.89 bits per heavy atom. The summed E-state index contributed by atoms with van der Waals surface area (Å²) in [6.07, 6.45) is 2.59. The highest BCUT2D eigenvalue weighted by Gasteiger charge is 2.22. The molecule has 0 aliphatic carbocycles. The molecule has 0 bridgehead atoms. The van der Waals surface area contributed by atoms with E-state index in [1.54, 1.807) is 25.1 Å². The van der Waals surface area contributed by atoms with Crippen molar-refractivity contribution in [2.24, 2.45) is 0 Å². The highest BCUT2D eigenvalue weighted by molar-refractivity contribution is 5.88. The lowest BCUT2D eigenvalue weighted by molar-refractivity contribution is 0.377. The van der Waals surface area contributed by atoms with Crippen molar-refractivity contribution < 1.29 is 13.3 Å². The molecule has 4 nitrogen and oxygen atoms in total. The van der Waals surface area contributed by atoms with E-state index in [9.17, 15) is 8.78 Å². The number of nitrogens with zero attached hydrogens (tertiary/aromatic N) is 3. The summed E-state index contributed by atoms with van der Waals surface area (Å²) in [5, 5.41) is 4.50. The molecule has 0 amide bonds. The molecule has 0 saturated heterocycles. The summed E-state index contributed by atoms with van der Waals surface area (Å²) >= 11 is 0. The Morgan fingerprint density at radius 1 is 1.07 bits per heavy atom. The van der Waals surface area contributed by atoms with Crippen molar-refractivity contribution in [2.75, 3.05) is 0 Å². The molecule has 0 spiro atoms. The molecule has 2 heterocycles. The van der Waals surface area contributed by atoms with Crippen LogP contribution in [0.2, 0.25) is 0 Å². The van der Waals surface area contributed by atoms with Gasteiger partial charge in [-0.15, -0.1) is 0 Å². The van der Waals surface area contributed by atoms with E-state index in [-0.39, 0.29) is 17.6 Å². The van der Waals surface area contributed by atoms with E-state index in [0.29, 0.717) is 24.3 Å². The lowest BCUT2D eigenvalue weighted by atomic mass is 9.99. The second-order valence-electron chi connectivity index (χ2n) is 7.28. The van der Waals surface area contributed by atoms with Gasteiger partial charge < -0.3 is 9.09 Å². The quantitative estimate of drug-likeness (QED) is 0.458. The molecule has 0 saturated carbocycles. The van der Waals surface area contributed by atoms with Gasteiger partial charge in [0.2, 0.25) is 5.89 Å². The van der Waals surface area contributed by atoms with Gasteiger partial charge in [-0.05, 0) is 66.8 Å². The Balaban J connectivity index is 1.95. The van der Waals surface area contributed by atoms with Crippen molar-refractivity contribution in [3.8, 4) is 5.69 Å². The zero-order valence-electron chi connectivity index (χ0n) is 16.0. The fraction of sp³-hybridized carbons (Fsp3) is 0.273. The first kappa shape index (κ1) is 18.3. The summed E-state index contributed by atoms with van der Waals surface area (Å²) in [4.78, 5) is 4.09. The van der Waals surface area contributed by atoms with Gasteiger partial charge in [0.25, 0.3) is 0 Å². The monoisotopic (exact) mass is 381 g/mol. The molecule has 0 aliphatic rings. The summed E-state index contributed by atoms with van der Waals surface area (Å²) in [6, 6.07) is 9.87. The number of rotatable bonds is 5. The Bertz CT molecular complexity index is 1130. The van der Waals surface area contributed by atoms with Crippen LogP contribution in [0, 0.1) is 18.6 Å². The molecule has 2 aromatic heterocycles. The van der Waals surface area contributed by atoms with E-state index in [2.05, 4.69) is 28.6 Å². The van der Waals surface area contributed by atoms with Crippen LogP contribution < -0.4 is 0 Å². The number of hydrogen-bond donors (Lipinski definition) is 0. The standard InChI is InChI=1S/C22H21F2N3O/c1-13(2)22-17(6-9-21-25-12-26-28-21)18-11-15(23)4-8-20(18)27(22)16-5-7-19(24)14(3)10-16/h4-5,7-8,10-13H,6,9H2,1-3H3. The second kappa shape index (κ2) is 7.19. The summed E-state index contributed by atoms with van der Waals surface area (Å²) in [6.45, 7) is 5.96. The van der Waals surface area contributed by atoms with Gasteiger partial charge in [0, 0.05) is 23.2 Å². The maximum Gasteiger partial charge on any atom is 0.226 e. The van der Waals surface area contributed by atoms with Crippen LogP contribution in [0.15, 0.2) is 47.2 Å². The van der Waals surface area contributed by atoms with Gasteiger partial charge in [-0.1, -0.05) is 19.0 Å². The largest absolute Gasteiger partial charge is 0.340 e. The van der Waals surface area contributed by atoms with Gasteiger partial charge in [0.15, 0.2) is 6.33 Å². The molecule has 0 N–H and O–H groups in total. The van der Waals surface area contributed by atoms with E-state index < -0.39 is 0 Å². The van der Waals surface area contributed by atoms with E-state index in [1.165, 1.54) is 18.5 Å². The van der Waals surface area contributed by atoms with Crippen LogP contribution in [-0.2, 0) is 12.8 Å². The third kappa shape index (κ3) is 3.19. The molecule has 0 fully saturated rings. The van der Waals surface area contributed by atoms with Crippen molar-refractivity contribution in [1.82, 2.24) is 14.7 Å². The van der Waals surface area contributed by atoms with Crippen LogP contribution in [0.4, 0.5) is 8.78 Å². The fourth-order valence-electron chi connectivity index (χ4n) is 3.80. The molecule has 0 unspecified atom stereocenters. The minimum atomic E-state index is -0.283. The molecule has 0 radical (unpaired) electrons. The van der Waals surface area contributed by atoms with Gasteiger partial charge in [0.05, 0.1) is 5.52 Å². The molecule has 0 aliphatic heterocycles. The van der Waals surface area contributed by atoms with Crippen molar-refractivity contribution in [3.63, 3.8) is 0 Å². The van der Waals surface area contributed by atoms with Crippen LogP contribution >= 0.6 is 0 Å². The molecule has 6 heteroatoms. The average molecular weight is 381 g/mol. The third-order valence-electron chi connectivity index (χ3n) is 5.02. The summed E-state index contributed by atoms with van der Waals surface area (Å²) in [7, 11) is 0. The predicted molar refractivity (Wildman–Crippen MR) is 104 cm³/mol. The van der Waals surface area contributed by atoms with Crippen LogP contribution in [0.25, 0.3) is 16.6 Å². The number of aryl methyl sites for hydroxylation is 3. The highest BCUT2D eigenvalue weighted by atomic mass is 19.1. The number of halogens is 2. The first-order chi connectivity index (χ1) is 13.5. The number of aromatic nitrogens is 3. The molecule has 144 valence electrons. The minimum absolute atomic E-state index is 0.179. The van der Waals surface area contributed by atoms with Gasteiger partial charge in [-0.25, -0.2) is 8.78 Å². The molecular formula is C22H21F2N3O. The van der Waals surface area contributed by atoms with Gasteiger partial charge in [-0.3, -0.25) is 0 Å². The van der Waals surface area contributed by atoms with Crippen LogP contribution in [0.5, 0.6) is 0 Å². The van der Waals surface area contributed by atoms with E-state index in [1.807, 2.05) is 6.07 Å². The summed E-state index contributed by atoms with van der Waals surface area (Å²) in [5.74, 6) is 0.200. The van der Waals surface area contributed by atoms with E-state index in [0.717, 1.165) is 27.8 Å². The Morgan fingerprint density at radius 3 is 2.57 bits per heavy atom. The van der Waals surface area contributed by atoms with E-state index in [4.69, 9.17) is 4.52 Å². The molecule has 28 heavy (non-hydrogen) atoms. The zero-order chi connectivity index (χ0) is 19.8. The molecule has 2 aromatic carbocycles. The van der Waals surface area contributed by atoms with Crippen LogP contribution in [0.3, 0.4) is 0 Å². The number of fused-ring (bicyclic) bond motifs is 1. The van der Waals surface area contributed by atoms with E-state index >= 15 is 0 Å². The maximum absolute atomic E-state index is 14.1.